The lowest BCUT2D eigenvalue weighted by Crippen LogP contribution is -2.37. The molecule has 0 amide bonds. The van der Waals surface area contributed by atoms with E-state index in [1.807, 2.05) is 0 Å². The van der Waals surface area contributed by atoms with Crippen LogP contribution in [0.5, 0.6) is 5.75 Å². The Labute approximate surface area is 248 Å². The first kappa shape index (κ1) is 30.7. The third-order valence-corrected chi connectivity index (χ3v) is 7.23. The van der Waals surface area contributed by atoms with Gasteiger partial charge >= 0.3 is 6.18 Å². The molecule has 0 fully saturated rings. The van der Waals surface area contributed by atoms with Crippen LogP contribution in [-0.2, 0) is 5.60 Å². The Hall–Kier alpha value is -4.75. The smallest absolute Gasteiger partial charge is 0.399 e. The third-order valence-electron chi connectivity index (χ3n) is 7.23. The second-order valence-electron chi connectivity index (χ2n) is 10.8. The van der Waals surface area contributed by atoms with Crippen LogP contribution < -0.4 is 16.3 Å². The van der Waals surface area contributed by atoms with E-state index in [4.69, 9.17) is 16.3 Å². The summed E-state index contributed by atoms with van der Waals surface area (Å²) in [5.41, 5.74) is 3.95. The zero-order valence-electron chi connectivity index (χ0n) is 23.9. The van der Waals surface area contributed by atoms with Gasteiger partial charge in [-0.2, -0.15) is 13.2 Å². The molecule has 3 heterocycles. The highest BCUT2D eigenvalue weighted by Crippen LogP contribution is 2.40. The highest BCUT2D eigenvalue weighted by Gasteiger charge is 2.44. The van der Waals surface area contributed by atoms with E-state index in [1.165, 1.54) is 45.4 Å². The average Bonchev–Trinajstić information content (AvgIpc) is 3.39. The van der Waals surface area contributed by atoms with E-state index in [0.29, 0.717) is 22.2 Å². The summed E-state index contributed by atoms with van der Waals surface area (Å²) in [6.07, 6.45) is -0.911. The van der Waals surface area contributed by atoms with Crippen molar-refractivity contribution in [3.05, 3.63) is 95.6 Å². The van der Waals surface area contributed by atoms with E-state index in [-0.39, 0.29) is 22.2 Å². The summed E-state index contributed by atoms with van der Waals surface area (Å²) in [4.78, 5) is 11.0. The van der Waals surface area contributed by atoms with Gasteiger partial charge in [0.05, 0.1) is 36.2 Å². The van der Waals surface area contributed by atoms with Crippen molar-refractivity contribution in [1.82, 2.24) is 20.0 Å². The molecule has 13 heteroatoms. The number of aromatic nitrogens is 3. The van der Waals surface area contributed by atoms with Gasteiger partial charge in [0.2, 0.25) is 0 Å². The highest BCUT2D eigenvalue weighted by atomic mass is 19.4. The van der Waals surface area contributed by atoms with Crippen molar-refractivity contribution in [2.75, 3.05) is 13.7 Å². The molecule has 44 heavy (non-hydrogen) atoms. The quantitative estimate of drug-likeness (QED) is 0.0952. The van der Waals surface area contributed by atoms with Gasteiger partial charge in [0, 0.05) is 46.1 Å². The molecule has 2 aromatic carbocycles. The van der Waals surface area contributed by atoms with Crippen molar-refractivity contribution in [2.24, 2.45) is 11.6 Å². The van der Waals surface area contributed by atoms with Gasteiger partial charge in [0.15, 0.2) is 5.82 Å². The van der Waals surface area contributed by atoms with Crippen LogP contribution in [0.4, 0.5) is 22.0 Å². The van der Waals surface area contributed by atoms with Gasteiger partial charge in [-0.3, -0.25) is 4.98 Å². The van der Waals surface area contributed by atoms with Crippen LogP contribution in [0.1, 0.15) is 36.6 Å². The Morgan fingerprint density at radius 3 is 2.57 bits per heavy atom. The van der Waals surface area contributed by atoms with Gasteiger partial charge in [0.25, 0.3) is 0 Å². The van der Waals surface area contributed by atoms with Crippen LogP contribution in [0.3, 0.4) is 0 Å². The minimum absolute atomic E-state index is 0.0266. The van der Waals surface area contributed by atoms with E-state index in [1.54, 1.807) is 30.5 Å². The number of hydrogen-bond donors (Lipinski definition) is 4. The Bertz CT molecular complexity index is 1880. The lowest BCUT2D eigenvalue weighted by molar-refractivity contribution is -0.154. The second kappa shape index (κ2) is 11.4. The van der Waals surface area contributed by atoms with Crippen LogP contribution in [0.25, 0.3) is 38.8 Å². The Morgan fingerprint density at radius 2 is 1.89 bits per heavy atom. The summed E-state index contributed by atoms with van der Waals surface area (Å²) in [6, 6.07) is 11.7. The number of nitrogens with zero attached hydrogens (tertiary/aromatic N) is 3. The Balaban J connectivity index is 1.57. The van der Waals surface area contributed by atoms with E-state index in [2.05, 4.69) is 15.0 Å². The maximum atomic E-state index is 15.8. The molecule has 1 unspecified atom stereocenters. The largest absolute Gasteiger partial charge is 0.494 e. The minimum atomic E-state index is -4.90. The molecule has 8 nitrogen and oxygen atoms in total. The average molecular weight is 613 g/mol. The van der Waals surface area contributed by atoms with E-state index < -0.39 is 52.8 Å². The number of fused-ring (bicyclic) bond motifs is 2. The van der Waals surface area contributed by atoms with Crippen LogP contribution >= 0.6 is 0 Å². The van der Waals surface area contributed by atoms with Gasteiger partial charge in [-0.1, -0.05) is 18.2 Å². The Morgan fingerprint density at radius 1 is 1.14 bits per heavy atom. The monoisotopic (exact) mass is 612 g/mol. The summed E-state index contributed by atoms with van der Waals surface area (Å²) >= 11 is 0. The molecule has 0 saturated heterocycles. The summed E-state index contributed by atoms with van der Waals surface area (Å²) < 4.78 is 79.4. The number of aromatic amines is 1. The number of nitrogens with one attached hydrogen (secondary N) is 1. The number of nitrogens with two attached hydrogens (primary N) is 2. The number of hydrogen-bond acceptors (Lipinski definition) is 7. The van der Waals surface area contributed by atoms with Crippen LogP contribution in [-0.4, -0.2) is 44.9 Å². The first-order chi connectivity index (χ1) is 20.7. The number of H-pyrrole nitrogens is 1. The Kier molecular flexibility index (Phi) is 7.95. The number of rotatable bonds is 8. The van der Waals surface area contributed by atoms with Crippen molar-refractivity contribution in [1.29, 1.82) is 0 Å². The maximum absolute atomic E-state index is 15.8. The highest BCUT2D eigenvalue weighted by molar-refractivity contribution is 5.95. The number of para-hydroxylation sites is 1. The molecule has 0 spiro atoms. The fourth-order valence-electron chi connectivity index (χ4n) is 5.03. The van der Waals surface area contributed by atoms with Crippen molar-refractivity contribution in [3.8, 4) is 17.0 Å². The topological polar surface area (TPSA) is 126 Å². The van der Waals surface area contributed by atoms with E-state index in [9.17, 15) is 22.7 Å². The number of hydrazine groups is 1. The number of methoxy groups -OCH3 is 1. The van der Waals surface area contributed by atoms with E-state index >= 15 is 4.39 Å². The van der Waals surface area contributed by atoms with Gasteiger partial charge in [-0.15, -0.1) is 0 Å². The lowest BCUT2D eigenvalue weighted by atomic mass is 9.92. The fourth-order valence-corrected chi connectivity index (χ4v) is 5.03. The minimum Gasteiger partial charge on any atom is -0.494 e. The van der Waals surface area contributed by atoms with Crippen molar-refractivity contribution < 1.29 is 31.8 Å². The number of halogens is 5. The molecule has 230 valence electrons. The number of pyridine rings is 2. The number of alkyl halides is 3. The van der Waals surface area contributed by atoms with Crippen molar-refractivity contribution >= 4 is 27.5 Å². The maximum Gasteiger partial charge on any atom is 0.399 e. The molecule has 6 N–H and O–H groups in total. The molecule has 5 rings (SSSR count). The molecule has 0 radical (unpaired) electrons. The summed E-state index contributed by atoms with van der Waals surface area (Å²) in [6.45, 7) is 1.62. The standard InChI is InChI=1S/C31H29F5N6O2/c1-30(2,43)20-12-24(41-29(26(20)33)19-13-40-28-18(19)7-4-8-22(28)32)21(31(34,35)36)14-42(38)15-23(37)17-10-16-6-5-9-39-27(16)25(11-17)44-3/h4-13,15,21,40,43H,14,37-38H2,1-3H3/b23-15-. The predicted octanol–water partition coefficient (Wildman–Crippen LogP) is 6.07. The van der Waals surface area contributed by atoms with Gasteiger partial charge in [0.1, 0.15) is 28.7 Å². The van der Waals surface area contributed by atoms with Crippen LogP contribution in [0.2, 0.25) is 0 Å². The first-order valence-electron chi connectivity index (χ1n) is 13.4. The molecule has 0 aliphatic heterocycles. The molecule has 1 atom stereocenters. The zero-order valence-corrected chi connectivity index (χ0v) is 23.9. The van der Waals surface area contributed by atoms with Crippen LogP contribution in [0, 0.1) is 11.6 Å². The molecular weight excluding hydrogens is 583 g/mol. The third kappa shape index (κ3) is 5.88. The predicted molar refractivity (Wildman–Crippen MR) is 157 cm³/mol. The molecule has 3 aromatic heterocycles. The van der Waals surface area contributed by atoms with Gasteiger partial charge in [-0.25, -0.2) is 19.6 Å². The zero-order chi connectivity index (χ0) is 32.0. The molecule has 0 bridgehead atoms. The van der Waals surface area contributed by atoms with Gasteiger partial charge < -0.3 is 25.6 Å². The number of ether oxygens (including phenoxy) is 1. The normalized spacial score (nSPS) is 13.5. The molecule has 0 aliphatic rings. The fraction of sp³-hybridized carbons (Fsp3) is 0.226. The summed E-state index contributed by atoms with van der Waals surface area (Å²) in [5.74, 6) is 2.44. The summed E-state index contributed by atoms with van der Waals surface area (Å²) in [7, 11) is 1.45. The molecule has 0 saturated carbocycles. The van der Waals surface area contributed by atoms with Crippen molar-refractivity contribution in [3.63, 3.8) is 0 Å². The first-order valence-corrected chi connectivity index (χ1v) is 13.4. The summed E-state index contributed by atoms with van der Waals surface area (Å²) in [5, 5.41) is 12.4. The number of benzene rings is 2. The second-order valence-corrected chi connectivity index (χ2v) is 10.8. The van der Waals surface area contributed by atoms with Crippen LogP contribution in [0.15, 0.2) is 67.1 Å². The molecule has 5 aromatic rings. The number of aliphatic hydroxyl groups is 1. The van der Waals surface area contributed by atoms with E-state index in [0.717, 1.165) is 17.3 Å². The molecule has 0 aliphatic carbocycles. The SMILES string of the molecule is COc1cc(/C(N)=C/N(N)CC(c2cc(C(C)(C)O)c(F)c(-c3c[nH]c4c(F)cccc34)n2)C(F)(F)F)cc2cccnc12. The lowest BCUT2D eigenvalue weighted by Gasteiger charge is -2.27. The van der Waals surface area contributed by atoms with Gasteiger partial charge in [-0.05, 0) is 44.2 Å². The van der Waals surface area contributed by atoms with Crippen molar-refractivity contribution in [2.45, 2.75) is 31.5 Å². The molecular formula is C31H29F5N6O2.